The molecule has 0 radical (unpaired) electrons. The van der Waals surface area contributed by atoms with Gasteiger partial charge in [-0.2, -0.15) is 0 Å². The summed E-state index contributed by atoms with van der Waals surface area (Å²) in [6.07, 6.45) is 1.56. The zero-order chi connectivity index (χ0) is 12.8. The van der Waals surface area contributed by atoms with Gasteiger partial charge in [-0.25, -0.2) is 4.79 Å². The fraction of sp³-hybridized carbons (Fsp3) is 0.308. The molecule has 0 aliphatic heterocycles. The molecule has 0 fully saturated rings. The highest BCUT2D eigenvalue weighted by molar-refractivity contribution is 5.92. The van der Waals surface area contributed by atoms with Gasteiger partial charge in [0, 0.05) is 11.1 Å². The number of ether oxygens (including phenoxy) is 2. The standard InChI is InChI=1S/C13H16O4/c1-4-17-11-7-5-6-10(12(11)16-3)8-9(2)13(14)15/h5-8H,4H2,1-3H3,(H,14,15). The topological polar surface area (TPSA) is 55.8 Å². The molecule has 1 aromatic carbocycles. The van der Waals surface area contributed by atoms with Crippen LogP contribution in [0, 0.1) is 0 Å². The van der Waals surface area contributed by atoms with E-state index in [2.05, 4.69) is 0 Å². The Bertz CT molecular complexity index is 435. The molecule has 4 nitrogen and oxygen atoms in total. The van der Waals surface area contributed by atoms with Gasteiger partial charge in [0.15, 0.2) is 11.5 Å². The maximum atomic E-state index is 10.8. The van der Waals surface area contributed by atoms with Gasteiger partial charge in [0.1, 0.15) is 0 Å². The summed E-state index contributed by atoms with van der Waals surface area (Å²) >= 11 is 0. The van der Waals surface area contributed by atoms with E-state index in [1.54, 1.807) is 24.3 Å². The second-order valence-corrected chi connectivity index (χ2v) is 3.44. The largest absolute Gasteiger partial charge is 0.492 e. The van der Waals surface area contributed by atoms with Crippen LogP contribution >= 0.6 is 0 Å². The predicted octanol–water partition coefficient (Wildman–Crippen LogP) is 2.58. The Labute approximate surface area is 100 Å². The number of carboxylic acid groups (broad SMARTS) is 1. The Kier molecular flexibility index (Phi) is 4.57. The first-order valence-corrected chi connectivity index (χ1v) is 5.31. The molecular formula is C13H16O4. The first kappa shape index (κ1) is 13.1. The summed E-state index contributed by atoms with van der Waals surface area (Å²) in [5.41, 5.74) is 0.940. The van der Waals surface area contributed by atoms with Gasteiger partial charge < -0.3 is 14.6 Å². The number of hydrogen-bond donors (Lipinski definition) is 1. The molecular weight excluding hydrogens is 220 g/mol. The van der Waals surface area contributed by atoms with E-state index in [0.29, 0.717) is 23.7 Å². The Hall–Kier alpha value is -1.97. The summed E-state index contributed by atoms with van der Waals surface area (Å²) in [4.78, 5) is 10.8. The highest BCUT2D eigenvalue weighted by atomic mass is 16.5. The third-order valence-electron chi connectivity index (χ3n) is 2.22. The molecule has 0 bridgehead atoms. The molecule has 0 spiro atoms. The van der Waals surface area contributed by atoms with Gasteiger partial charge in [0.05, 0.1) is 13.7 Å². The highest BCUT2D eigenvalue weighted by Crippen LogP contribution is 2.32. The van der Waals surface area contributed by atoms with E-state index in [0.717, 1.165) is 0 Å². The average Bonchev–Trinajstić information content (AvgIpc) is 2.29. The first-order valence-electron chi connectivity index (χ1n) is 5.31. The van der Waals surface area contributed by atoms with Gasteiger partial charge >= 0.3 is 5.97 Å². The molecule has 92 valence electrons. The van der Waals surface area contributed by atoms with Gasteiger partial charge in [0.2, 0.25) is 0 Å². The first-order chi connectivity index (χ1) is 8.10. The molecule has 1 aromatic rings. The predicted molar refractivity (Wildman–Crippen MR) is 65.4 cm³/mol. The van der Waals surface area contributed by atoms with E-state index in [1.165, 1.54) is 14.0 Å². The molecule has 0 unspecified atom stereocenters. The molecule has 0 atom stereocenters. The Morgan fingerprint density at radius 2 is 2.18 bits per heavy atom. The zero-order valence-corrected chi connectivity index (χ0v) is 10.2. The third-order valence-corrected chi connectivity index (χ3v) is 2.22. The van der Waals surface area contributed by atoms with Gasteiger partial charge in [0.25, 0.3) is 0 Å². The van der Waals surface area contributed by atoms with Crippen LogP contribution in [-0.4, -0.2) is 24.8 Å². The number of methoxy groups -OCH3 is 1. The molecule has 0 heterocycles. The number of carboxylic acids is 1. The van der Waals surface area contributed by atoms with Gasteiger partial charge in [-0.05, 0) is 26.0 Å². The molecule has 4 heteroatoms. The van der Waals surface area contributed by atoms with Crippen molar-refractivity contribution < 1.29 is 19.4 Å². The molecule has 0 aliphatic carbocycles. The maximum Gasteiger partial charge on any atom is 0.331 e. The summed E-state index contributed by atoms with van der Waals surface area (Å²) in [7, 11) is 1.53. The van der Waals surface area contributed by atoms with E-state index in [1.807, 2.05) is 6.92 Å². The van der Waals surface area contributed by atoms with Gasteiger partial charge in [-0.3, -0.25) is 0 Å². The lowest BCUT2D eigenvalue weighted by Crippen LogP contribution is -1.99. The highest BCUT2D eigenvalue weighted by Gasteiger charge is 2.09. The summed E-state index contributed by atoms with van der Waals surface area (Å²) in [6, 6.07) is 5.37. The van der Waals surface area contributed by atoms with Crippen LogP contribution in [-0.2, 0) is 4.79 Å². The van der Waals surface area contributed by atoms with Crippen LogP contribution in [0.25, 0.3) is 6.08 Å². The van der Waals surface area contributed by atoms with Crippen LogP contribution in [0.5, 0.6) is 11.5 Å². The normalized spacial score (nSPS) is 11.1. The fourth-order valence-electron chi connectivity index (χ4n) is 1.43. The van der Waals surface area contributed by atoms with Crippen molar-refractivity contribution in [3.8, 4) is 11.5 Å². The van der Waals surface area contributed by atoms with E-state index < -0.39 is 5.97 Å². The Balaban J connectivity index is 3.20. The summed E-state index contributed by atoms with van der Waals surface area (Å²) in [6.45, 7) is 3.95. The summed E-state index contributed by atoms with van der Waals surface area (Å²) < 4.78 is 10.7. The van der Waals surface area contributed by atoms with Crippen molar-refractivity contribution in [2.75, 3.05) is 13.7 Å². The minimum absolute atomic E-state index is 0.247. The minimum atomic E-state index is -0.950. The van der Waals surface area contributed by atoms with Gasteiger partial charge in [-0.15, -0.1) is 0 Å². The lowest BCUT2D eigenvalue weighted by Gasteiger charge is -2.11. The average molecular weight is 236 g/mol. The van der Waals surface area contributed by atoms with Crippen molar-refractivity contribution in [3.63, 3.8) is 0 Å². The quantitative estimate of drug-likeness (QED) is 0.798. The van der Waals surface area contributed by atoms with Crippen LogP contribution in [0.2, 0.25) is 0 Å². The van der Waals surface area contributed by atoms with E-state index in [4.69, 9.17) is 14.6 Å². The monoisotopic (exact) mass is 236 g/mol. The lowest BCUT2D eigenvalue weighted by atomic mass is 10.1. The number of carbonyl (C=O) groups is 1. The molecule has 0 saturated carbocycles. The van der Waals surface area contributed by atoms with Crippen LogP contribution < -0.4 is 9.47 Å². The Morgan fingerprint density at radius 1 is 1.47 bits per heavy atom. The minimum Gasteiger partial charge on any atom is -0.492 e. The second-order valence-electron chi connectivity index (χ2n) is 3.44. The van der Waals surface area contributed by atoms with Gasteiger partial charge in [-0.1, -0.05) is 12.1 Å². The van der Waals surface area contributed by atoms with Crippen LogP contribution in [0.15, 0.2) is 23.8 Å². The molecule has 0 saturated heterocycles. The van der Waals surface area contributed by atoms with Crippen LogP contribution in [0.1, 0.15) is 19.4 Å². The van der Waals surface area contributed by atoms with Crippen molar-refractivity contribution in [3.05, 3.63) is 29.3 Å². The van der Waals surface area contributed by atoms with E-state index >= 15 is 0 Å². The summed E-state index contributed by atoms with van der Waals surface area (Å²) in [5, 5.41) is 8.84. The van der Waals surface area contributed by atoms with E-state index in [-0.39, 0.29) is 5.57 Å². The van der Waals surface area contributed by atoms with Crippen LogP contribution in [0.3, 0.4) is 0 Å². The lowest BCUT2D eigenvalue weighted by molar-refractivity contribution is -0.132. The van der Waals surface area contributed by atoms with E-state index in [9.17, 15) is 4.79 Å². The third kappa shape index (κ3) is 3.24. The molecule has 0 aliphatic rings. The SMILES string of the molecule is CCOc1cccc(C=C(C)C(=O)O)c1OC. The van der Waals surface area contributed by atoms with Crippen molar-refractivity contribution in [1.82, 2.24) is 0 Å². The Morgan fingerprint density at radius 3 is 2.71 bits per heavy atom. The van der Waals surface area contributed by atoms with Crippen molar-refractivity contribution in [2.45, 2.75) is 13.8 Å². The maximum absolute atomic E-state index is 10.8. The van der Waals surface area contributed by atoms with Crippen molar-refractivity contribution in [1.29, 1.82) is 0 Å². The summed E-state index contributed by atoms with van der Waals surface area (Å²) in [5.74, 6) is 0.214. The molecule has 0 amide bonds. The smallest absolute Gasteiger partial charge is 0.331 e. The van der Waals surface area contributed by atoms with Crippen molar-refractivity contribution >= 4 is 12.0 Å². The number of rotatable bonds is 5. The number of hydrogen-bond acceptors (Lipinski definition) is 3. The van der Waals surface area contributed by atoms with Crippen LogP contribution in [0.4, 0.5) is 0 Å². The number of para-hydroxylation sites is 1. The molecule has 1 rings (SSSR count). The van der Waals surface area contributed by atoms with Crippen molar-refractivity contribution in [2.24, 2.45) is 0 Å². The second kappa shape index (κ2) is 5.94. The fourth-order valence-corrected chi connectivity index (χ4v) is 1.43. The number of aliphatic carboxylic acids is 1. The number of benzene rings is 1. The zero-order valence-electron chi connectivity index (χ0n) is 10.2. The molecule has 17 heavy (non-hydrogen) atoms. The molecule has 0 aromatic heterocycles. The molecule has 1 N–H and O–H groups in total.